The molecule has 3 nitrogen and oxygen atoms in total. The quantitative estimate of drug-likeness (QED) is 0.510. The molecule has 1 N–H and O–H groups in total. The van der Waals surface area contributed by atoms with E-state index in [4.69, 9.17) is 5.11 Å². The van der Waals surface area contributed by atoms with Crippen LogP contribution in [0.5, 0.6) is 0 Å². The molecule has 0 fully saturated rings. The van der Waals surface area contributed by atoms with Crippen LogP contribution in [0.15, 0.2) is 12.2 Å². The Kier molecular flexibility index (Phi) is 2.21. The van der Waals surface area contributed by atoms with Gasteiger partial charge in [0, 0.05) is 0 Å². The fourth-order valence-electron chi connectivity index (χ4n) is 0.171. The zero-order valence-electron chi connectivity index (χ0n) is 4.55. The van der Waals surface area contributed by atoms with E-state index in [1.54, 1.807) is 0 Å². The molecule has 3 heteroatoms. The summed E-state index contributed by atoms with van der Waals surface area (Å²) in [7, 11) is 0. The van der Waals surface area contributed by atoms with Crippen molar-refractivity contribution in [3.8, 4) is 0 Å². The highest BCUT2D eigenvalue weighted by Crippen LogP contribution is 1.96. The molecule has 0 aromatic rings. The lowest BCUT2D eigenvalue weighted by atomic mass is 10.2. The van der Waals surface area contributed by atoms with Crippen molar-refractivity contribution < 1.29 is 15.0 Å². The van der Waals surface area contributed by atoms with Crippen molar-refractivity contribution in [2.24, 2.45) is 0 Å². The Balaban J connectivity index is 3.84. The molecule has 0 aliphatic carbocycles. The normalized spacial score (nSPS) is 12.8. The average molecular weight is 115 g/mol. The van der Waals surface area contributed by atoms with E-state index in [1.165, 1.54) is 6.92 Å². The van der Waals surface area contributed by atoms with Gasteiger partial charge in [0.25, 0.3) is 0 Å². The van der Waals surface area contributed by atoms with Crippen LogP contribution in [0.25, 0.3) is 0 Å². The second-order valence-corrected chi connectivity index (χ2v) is 1.49. The maximum atomic E-state index is 9.77. The molecule has 1 unspecified atom stereocenters. The number of hydrogen-bond donors (Lipinski definition) is 1. The Hall–Kier alpha value is -0.830. The molecule has 0 aliphatic heterocycles. The summed E-state index contributed by atoms with van der Waals surface area (Å²) < 4.78 is 0. The molecule has 45 valence electrons. The Bertz CT molecular complexity index is 115. The lowest BCUT2D eigenvalue weighted by Gasteiger charge is -1.97. The number of rotatable bonds is 2. The standard InChI is InChI=1S/C5H7O3/c1-3(4(2)6)5(7)8/h4,6H,1H2,2H3. The molecule has 0 bridgehead atoms. The lowest BCUT2D eigenvalue weighted by Crippen LogP contribution is -2.10. The zero-order valence-corrected chi connectivity index (χ0v) is 4.55. The molecule has 0 spiro atoms. The van der Waals surface area contributed by atoms with Gasteiger partial charge in [-0.25, -0.2) is 9.90 Å². The number of hydrogen-bond acceptors (Lipinski definition) is 2. The monoisotopic (exact) mass is 115 g/mol. The van der Waals surface area contributed by atoms with Crippen molar-refractivity contribution in [3.63, 3.8) is 0 Å². The van der Waals surface area contributed by atoms with E-state index in [0.29, 0.717) is 0 Å². The van der Waals surface area contributed by atoms with E-state index in [9.17, 15) is 9.90 Å². The van der Waals surface area contributed by atoms with Crippen molar-refractivity contribution in [3.05, 3.63) is 12.2 Å². The maximum absolute atomic E-state index is 9.77. The number of carbonyl (C=O) groups is 1. The molecule has 0 rings (SSSR count). The van der Waals surface area contributed by atoms with Gasteiger partial charge in [0.15, 0.2) is 0 Å². The summed E-state index contributed by atoms with van der Waals surface area (Å²) in [4.78, 5) is 9.77. The van der Waals surface area contributed by atoms with Crippen LogP contribution in [-0.2, 0) is 9.90 Å². The van der Waals surface area contributed by atoms with Crippen LogP contribution in [0, 0.1) is 0 Å². The Labute approximate surface area is 47.3 Å². The van der Waals surface area contributed by atoms with E-state index < -0.39 is 12.1 Å². The first-order valence-electron chi connectivity index (χ1n) is 2.14. The fraction of sp³-hybridized carbons (Fsp3) is 0.400. The average Bonchev–Trinajstić information content (AvgIpc) is 1.64. The second kappa shape index (κ2) is 2.47. The molecular weight excluding hydrogens is 108 g/mol. The highest BCUT2D eigenvalue weighted by Gasteiger charge is 2.10. The SMILES string of the molecule is C=C(C([O])=O)C(C)O. The summed E-state index contributed by atoms with van der Waals surface area (Å²) in [5, 5.41) is 18.2. The highest BCUT2D eigenvalue weighted by atomic mass is 16.4. The van der Waals surface area contributed by atoms with Crippen molar-refractivity contribution in [2.75, 3.05) is 0 Å². The van der Waals surface area contributed by atoms with Gasteiger partial charge in [-0.15, -0.1) is 0 Å². The van der Waals surface area contributed by atoms with Gasteiger partial charge in [-0.05, 0) is 6.92 Å². The molecule has 0 heterocycles. The van der Waals surface area contributed by atoms with Crippen LogP contribution in [0.3, 0.4) is 0 Å². The fourth-order valence-corrected chi connectivity index (χ4v) is 0.171. The zero-order chi connectivity index (χ0) is 6.73. The molecule has 0 aliphatic rings. The third-order valence-corrected chi connectivity index (χ3v) is 0.766. The number of aliphatic hydroxyl groups excluding tert-OH is 1. The summed E-state index contributed by atoms with van der Waals surface area (Å²) in [6, 6.07) is 0. The minimum absolute atomic E-state index is 0.287. The first kappa shape index (κ1) is 7.17. The Morgan fingerprint density at radius 3 is 2.12 bits per heavy atom. The van der Waals surface area contributed by atoms with Crippen molar-refractivity contribution >= 4 is 5.97 Å². The first-order valence-corrected chi connectivity index (χ1v) is 2.14. The summed E-state index contributed by atoms with van der Waals surface area (Å²) in [6.07, 6.45) is -1.01. The van der Waals surface area contributed by atoms with Crippen molar-refractivity contribution in [1.29, 1.82) is 0 Å². The van der Waals surface area contributed by atoms with Gasteiger partial charge < -0.3 is 5.11 Å². The first-order chi connectivity index (χ1) is 3.55. The number of carbonyl (C=O) groups excluding carboxylic acids is 1. The molecular formula is C5H7O3. The molecule has 0 saturated heterocycles. The van der Waals surface area contributed by atoms with E-state index in [-0.39, 0.29) is 5.57 Å². The Morgan fingerprint density at radius 2 is 2.12 bits per heavy atom. The van der Waals surface area contributed by atoms with Gasteiger partial charge in [0.1, 0.15) is 0 Å². The molecule has 0 aromatic carbocycles. The van der Waals surface area contributed by atoms with Crippen LogP contribution < -0.4 is 0 Å². The van der Waals surface area contributed by atoms with E-state index in [0.717, 1.165) is 0 Å². The van der Waals surface area contributed by atoms with Crippen LogP contribution in [0.2, 0.25) is 0 Å². The lowest BCUT2D eigenvalue weighted by molar-refractivity contribution is -0.139. The third kappa shape index (κ3) is 1.75. The van der Waals surface area contributed by atoms with Gasteiger partial charge in [-0.1, -0.05) is 6.58 Å². The minimum atomic E-state index is -1.40. The minimum Gasteiger partial charge on any atom is -0.388 e. The predicted molar refractivity (Wildman–Crippen MR) is 26.5 cm³/mol. The van der Waals surface area contributed by atoms with E-state index in [1.807, 2.05) is 0 Å². The number of aliphatic hydroxyl groups is 1. The van der Waals surface area contributed by atoms with Gasteiger partial charge in [-0.2, -0.15) is 0 Å². The summed E-state index contributed by atoms with van der Waals surface area (Å²) >= 11 is 0. The molecule has 0 saturated carbocycles. The molecule has 1 radical (unpaired) electrons. The largest absolute Gasteiger partial charge is 0.388 e. The van der Waals surface area contributed by atoms with E-state index >= 15 is 0 Å². The van der Waals surface area contributed by atoms with Crippen LogP contribution in [0.4, 0.5) is 0 Å². The van der Waals surface area contributed by atoms with Crippen LogP contribution in [-0.4, -0.2) is 17.2 Å². The maximum Gasteiger partial charge on any atom is 0.384 e. The van der Waals surface area contributed by atoms with Crippen molar-refractivity contribution in [1.82, 2.24) is 0 Å². The summed E-state index contributed by atoms with van der Waals surface area (Å²) in [5.41, 5.74) is -0.287. The highest BCUT2D eigenvalue weighted by molar-refractivity contribution is 5.86. The van der Waals surface area contributed by atoms with Gasteiger partial charge in [-0.3, -0.25) is 0 Å². The van der Waals surface area contributed by atoms with Gasteiger partial charge in [0.2, 0.25) is 0 Å². The molecule has 8 heavy (non-hydrogen) atoms. The second-order valence-electron chi connectivity index (χ2n) is 1.49. The van der Waals surface area contributed by atoms with Crippen LogP contribution in [0.1, 0.15) is 6.92 Å². The molecule has 0 aromatic heterocycles. The van der Waals surface area contributed by atoms with Gasteiger partial charge in [0.05, 0.1) is 11.7 Å². The Morgan fingerprint density at radius 1 is 1.75 bits per heavy atom. The van der Waals surface area contributed by atoms with Gasteiger partial charge >= 0.3 is 5.97 Å². The van der Waals surface area contributed by atoms with Crippen LogP contribution >= 0.6 is 0 Å². The third-order valence-electron chi connectivity index (χ3n) is 0.766. The summed E-state index contributed by atoms with van der Waals surface area (Å²) in [5.74, 6) is -1.40. The van der Waals surface area contributed by atoms with E-state index in [2.05, 4.69) is 6.58 Å². The smallest absolute Gasteiger partial charge is 0.384 e. The molecule has 0 amide bonds. The predicted octanol–water partition coefficient (Wildman–Crippen LogP) is -0.120. The topological polar surface area (TPSA) is 57.2 Å². The molecule has 1 atom stereocenters. The van der Waals surface area contributed by atoms with Crippen molar-refractivity contribution in [2.45, 2.75) is 13.0 Å². The summed E-state index contributed by atoms with van der Waals surface area (Å²) in [6.45, 7) is 4.36.